The fourth-order valence-corrected chi connectivity index (χ4v) is 4.06. The minimum atomic E-state index is -0.189. The molecule has 9 heteroatoms. The number of nitrogens with one attached hydrogen (secondary N) is 2. The molecule has 0 saturated heterocycles. The van der Waals surface area contributed by atoms with E-state index >= 15 is 0 Å². The van der Waals surface area contributed by atoms with Gasteiger partial charge in [0.15, 0.2) is 10.8 Å². The molecule has 2 amide bonds. The minimum absolute atomic E-state index is 0.0548. The average molecular weight is 399 g/mol. The van der Waals surface area contributed by atoms with Crippen molar-refractivity contribution in [3.05, 3.63) is 41.9 Å². The SMILES string of the molecule is O=C(Cc1csc(-c2ccco2)n1)Nc1cnn(CC(=O)NC2CCCC2)c1. The zero-order chi connectivity index (χ0) is 19.3. The van der Waals surface area contributed by atoms with Crippen molar-refractivity contribution in [1.82, 2.24) is 20.1 Å². The molecule has 1 aliphatic carbocycles. The van der Waals surface area contributed by atoms with Crippen molar-refractivity contribution in [3.8, 4) is 10.8 Å². The predicted molar refractivity (Wildman–Crippen MR) is 105 cm³/mol. The molecule has 0 bridgehead atoms. The van der Waals surface area contributed by atoms with Gasteiger partial charge in [0.2, 0.25) is 11.8 Å². The van der Waals surface area contributed by atoms with Gasteiger partial charge in [0.1, 0.15) is 6.54 Å². The van der Waals surface area contributed by atoms with Gasteiger partial charge in [-0.15, -0.1) is 11.3 Å². The summed E-state index contributed by atoms with van der Waals surface area (Å²) in [5.74, 6) is 0.445. The molecule has 3 heterocycles. The van der Waals surface area contributed by atoms with E-state index < -0.39 is 0 Å². The normalized spacial score (nSPS) is 14.3. The van der Waals surface area contributed by atoms with Gasteiger partial charge in [-0.3, -0.25) is 14.3 Å². The van der Waals surface area contributed by atoms with E-state index in [0.717, 1.165) is 17.8 Å². The highest BCUT2D eigenvalue weighted by molar-refractivity contribution is 7.13. The molecule has 0 spiro atoms. The standard InChI is InChI=1S/C19H21N5O3S/c25-17(8-14-12-28-19(23-14)16-6-3-7-27-16)22-15-9-20-24(10-15)11-18(26)21-13-4-1-2-5-13/h3,6-7,9-10,12-13H,1-2,4-5,8,11H2,(H,21,26)(H,22,25). The molecule has 1 fully saturated rings. The number of rotatable bonds is 7. The van der Waals surface area contributed by atoms with Crippen LogP contribution in [-0.4, -0.2) is 32.6 Å². The molecule has 0 radical (unpaired) electrons. The van der Waals surface area contributed by atoms with Crippen LogP contribution >= 0.6 is 11.3 Å². The van der Waals surface area contributed by atoms with Crippen LogP contribution in [0.25, 0.3) is 10.8 Å². The van der Waals surface area contributed by atoms with Crippen molar-refractivity contribution in [1.29, 1.82) is 0 Å². The smallest absolute Gasteiger partial charge is 0.241 e. The number of carbonyl (C=O) groups is 2. The number of anilines is 1. The Kier molecular flexibility index (Phi) is 5.52. The molecule has 0 aromatic carbocycles. The molecular weight excluding hydrogens is 378 g/mol. The summed E-state index contributed by atoms with van der Waals surface area (Å²) in [7, 11) is 0. The van der Waals surface area contributed by atoms with Gasteiger partial charge in [0.25, 0.3) is 0 Å². The third kappa shape index (κ3) is 4.66. The Morgan fingerprint density at radius 3 is 2.93 bits per heavy atom. The van der Waals surface area contributed by atoms with Crippen LogP contribution in [0, 0.1) is 0 Å². The van der Waals surface area contributed by atoms with Gasteiger partial charge >= 0.3 is 0 Å². The van der Waals surface area contributed by atoms with Crippen molar-refractivity contribution < 1.29 is 14.0 Å². The lowest BCUT2D eigenvalue weighted by Crippen LogP contribution is -2.35. The second kappa shape index (κ2) is 8.39. The molecule has 146 valence electrons. The molecule has 0 aliphatic heterocycles. The van der Waals surface area contributed by atoms with Gasteiger partial charge < -0.3 is 15.1 Å². The van der Waals surface area contributed by atoms with E-state index in [1.54, 1.807) is 18.5 Å². The highest BCUT2D eigenvalue weighted by Gasteiger charge is 2.17. The van der Waals surface area contributed by atoms with E-state index in [-0.39, 0.29) is 30.8 Å². The fourth-order valence-electron chi connectivity index (χ4n) is 3.28. The zero-order valence-electron chi connectivity index (χ0n) is 15.3. The Hall–Kier alpha value is -2.94. The van der Waals surface area contributed by atoms with Gasteiger partial charge in [-0.05, 0) is 25.0 Å². The van der Waals surface area contributed by atoms with Crippen LogP contribution in [0.4, 0.5) is 5.69 Å². The van der Waals surface area contributed by atoms with Crippen molar-refractivity contribution in [2.75, 3.05) is 5.32 Å². The molecule has 1 aliphatic rings. The van der Waals surface area contributed by atoms with Crippen LogP contribution in [0.3, 0.4) is 0 Å². The predicted octanol–water partition coefficient (Wildman–Crippen LogP) is 2.84. The first-order valence-corrected chi connectivity index (χ1v) is 10.1. The average Bonchev–Trinajstić information content (AvgIpc) is 3.43. The Morgan fingerprint density at radius 1 is 1.29 bits per heavy atom. The Morgan fingerprint density at radius 2 is 2.14 bits per heavy atom. The summed E-state index contributed by atoms with van der Waals surface area (Å²) in [6.07, 6.45) is 9.38. The Labute approximate surface area is 166 Å². The maximum absolute atomic E-state index is 12.3. The summed E-state index contributed by atoms with van der Waals surface area (Å²) in [6.45, 7) is 0.144. The summed E-state index contributed by atoms with van der Waals surface area (Å²) in [5, 5.41) is 12.5. The zero-order valence-corrected chi connectivity index (χ0v) is 16.1. The van der Waals surface area contributed by atoms with Crippen molar-refractivity contribution >= 4 is 28.8 Å². The van der Waals surface area contributed by atoms with Gasteiger partial charge in [0, 0.05) is 17.6 Å². The van der Waals surface area contributed by atoms with E-state index in [4.69, 9.17) is 4.42 Å². The number of nitrogens with zero attached hydrogens (tertiary/aromatic N) is 3. The Balaban J connectivity index is 1.27. The molecule has 0 atom stereocenters. The van der Waals surface area contributed by atoms with Crippen molar-refractivity contribution in [2.24, 2.45) is 0 Å². The molecule has 1 saturated carbocycles. The summed E-state index contributed by atoms with van der Waals surface area (Å²) in [4.78, 5) is 28.7. The summed E-state index contributed by atoms with van der Waals surface area (Å²) in [6, 6.07) is 3.92. The maximum Gasteiger partial charge on any atom is 0.241 e. The quantitative estimate of drug-likeness (QED) is 0.636. The summed E-state index contributed by atoms with van der Waals surface area (Å²) >= 11 is 1.43. The number of carbonyl (C=O) groups excluding carboxylic acids is 2. The second-order valence-corrected chi connectivity index (χ2v) is 7.68. The van der Waals surface area contributed by atoms with Gasteiger partial charge in [-0.1, -0.05) is 12.8 Å². The van der Waals surface area contributed by atoms with Crippen molar-refractivity contribution in [3.63, 3.8) is 0 Å². The van der Waals surface area contributed by atoms with Crippen LogP contribution < -0.4 is 10.6 Å². The maximum atomic E-state index is 12.3. The Bertz CT molecular complexity index is 941. The van der Waals surface area contributed by atoms with Crippen molar-refractivity contribution in [2.45, 2.75) is 44.7 Å². The van der Waals surface area contributed by atoms with Crippen LogP contribution in [0.2, 0.25) is 0 Å². The van der Waals surface area contributed by atoms with Gasteiger partial charge in [0.05, 0.1) is 30.3 Å². The third-order valence-electron chi connectivity index (χ3n) is 4.57. The van der Waals surface area contributed by atoms with Gasteiger partial charge in [-0.2, -0.15) is 5.10 Å². The lowest BCUT2D eigenvalue weighted by molar-refractivity contribution is -0.122. The van der Waals surface area contributed by atoms with Crippen LogP contribution in [0.15, 0.2) is 40.6 Å². The first kappa shape index (κ1) is 18.4. The minimum Gasteiger partial charge on any atom is -0.462 e. The number of thiazole rings is 1. The topological polar surface area (TPSA) is 102 Å². The third-order valence-corrected chi connectivity index (χ3v) is 5.47. The van der Waals surface area contributed by atoms with E-state index in [9.17, 15) is 9.59 Å². The van der Waals surface area contributed by atoms with E-state index in [1.807, 2.05) is 11.4 Å². The number of aromatic nitrogens is 3. The molecule has 3 aromatic rings. The summed E-state index contributed by atoms with van der Waals surface area (Å²) < 4.78 is 6.84. The fraction of sp³-hybridized carbons (Fsp3) is 0.368. The van der Waals surface area contributed by atoms with E-state index in [0.29, 0.717) is 17.1 Å². The summed E-state index contributed by atoms with van der Waals surface area (Å²) in [5.41, 5.74) is 1.23. The number of hydrogen-bond donors (Lipinski definition) is 2. The molecule has 0 unspecified atom stereocenters. The first-order chi connectivity index (χ1) is 13.7. The molecule has 4 rings (SSSR count). The van der Waals surface area contributed by atoms with Crippen LogP contribution in [0.5, 0.6) is 0 Å². The second-order valence-electron chi connectivity index (χ2n) is 6.82. The number of furan rings is 1. The highest BCUT2D eigenvalue weighted by atomic mass is 32.1. The van der Waals surface area contributed by atoms with E-state index in [2.05, 4.69) is 20.7 Å². The first-order valence-electron chi connectivity index (χ1n) is 9.25. The number of hydrogen-bond acceptors (Lipinski definition) is 6. The molecule has 2 N–H and O–H groups in total. The van der Waals surface area contributed by atoms with E-state index in [1.165, 1.54) is 35.1 Å². The molecular formula is C19H21N5O3S. The van der Waals surface area contributed by atoms with Crippen LogP contribution in [-0.2, 0) is 22.6 Å². The van der Waals surface area contributed by atoms with Gasteiger partial charge in [-0.25, -0.2) is 4.98 Å². The lowest BCUT2D eigenvalue weighted by atomic mass is 10.2. The highest BCUT2D eigenvalue weighted by Crippen LogP contribution is 2.24. The molecule has 8 nitrogen and oxygen atoms in total. The molecule has 28 heavy (non-hydrogen) atoms. The van der Waals surface area contributed by atoms with Crippen LogP contribution in [0.1, 0.15) is 31.4 Å². The monoisotopic (exact) mass is 399 g/mol. The largest absolute Gasteiger partial charge is 0.462 e. The molecule has 3 aromatic heterocycles. The number of amides is 2. The lowest BCUT2D eigenvalue weighted by Gasteiger charge is -2.11.